The van der Waals surface area contributed by atoms with Crippen molar-refractivity contribution in [3.8, 4) is 11.5 Å². The number of methoxy groups -OCH3 is 1. The third-order valence-corrected chi connectivity index (χ3v) is 4.65. The Balaban J connectivity index is 1.52. The van der Waals surface area contributed by atoms with Crippen LogP contribution in [0.5, 0.6) is 11.5 Å². The highest BCUT2D eigenvalue weighted by Crippen LogP contribution is 2.27. The Morgan fingerprint density at radius 3 is 2.40 bits per heavy atom. The molecule has 0 aliphatic heterocycles. The van der Waals surface area contributed by atoms with Gasteiger partial charge < -0.3 is 20.1 Å². The van der Waals surface area contributed by atoms with Gasteiger partial charge in [0.05, 0.1) is 13.3 Å². The van der Waals surface area contributed by atoms with Gasteiger partial charge in [-0.05, 0) is 66.6 Å². The van der Waals surface area contributed by atoms with E-state index in [1.807, 2.05) is 19.1 Å². The maximum Gasteiger partial charge on any atom is 0.329 e. The topological polar surface area (TPSA) is 118 Å². The summed E-state index contributed by atoms with van der Waals surface area (Å²) in [6.07, 6.45) is 1.33. The molecule has 0 saturated heterocycles. The highest BCUT2D eigenvalue weighted by molar-refractivity contribution is 6.39. The highest BCUT2D eigenvalue weighted by atomic mass is 19.1. The molecule has 0 spiro atoms. The van der Waals surface area contributed by atoms with Crippen LogP contribution in [0.3, 0.4) is 0 Å². The number of hydrazone groups is 1. The number of hydrogen-bond donors (Lipinski definition) is 3. The van der Waals surface area contributed by atoms with E-state index in [0.717, 1.165) is 5.56 Å². The monoisotopic (exact) mass is 478 g/mol. The molecule has 35 heavy (non-hydrogen) atoms. The lowest BCUT2D eigenvalue weighted by atomic mass is 10.2. The molecule has 180 valence electrons. The van der Waals surface area contributed by atoms with Crippen molar-refractivity contribution in [1.82, 2.24) is 5.43 Å². The number of amides is 3. The van der Waals surface area contributed by atoms with Crippen LogP contribution in [0.25, 0.3) is 0 Å². The van der Waals surface area contributed by atoms with Gasteiger partial charge in [0.2, 0.25) is 0 Å². The summed E-state index contributed by atoms with van der Waals surface area (Å²) in [6.45, 7) is 1.51. The van der Waals surface area contributed by atoms with E-state index in [0.29, 0.717) is 28.4 Å². The van der Waals surface area contributed by atoms with Gasteiger partial charge >= 0.3 is 11.8 Å². The van der Waals surface area contributed by atoms with Crippen molar-refractivity contribution in [3.63, 3.8) is 0 Å². The number of rotatable bonds is 8. The van der Waals surface area contributed by atoms with E-state index < -0.39 is 23.5 Å². The minimum absolute atomic E-state index is 0.298. The van der Waals surface area contributed by atoms with Crippen molar-refractivity contribution in [3.05, 3.63) is 83.7 Å². The normalized spacial score (nSPS) is 10.5. The summed E-state index contributed by atoms with van der Waals surface area (Å²) in [7, 11) is 1.43. The Bertz CT molecular complexity index is 1240. The third kappa shape index (κ3) is 7.39. The summed E-state index contributed by atoms with van der Waals surface area (Å²) in [5, 5.41) is 8.89. The van der Waals surface area contributed by atoms with E-state index >= 15 is 0 Å². The van der Waals surface area contributed by atoms with Crippen molar-refractivity contribution < 1.29 is 28.2 Å². The average molecular weight is 478 g/mol. The predicted octanol–water partition coefficient (Wildman–Crippen LogP) is 3.25. The fourth-order valence-electron chi connectivity index (χ4n) is 2.87. The average Bonchev–Trinajstić information content (AvgIpc) is 2.85. The summed E-state index contributed by atoms with van der Waals surface area (Å²) in [4.78, 5) is 36.1. The summed E-state index contributed by atoms with van der Waals surface area (Å²) in [6, 6.07) is 17.2. The van der Waals surface area contributed by atoms with E-state index in [4.69, 9.17) is 9.47 Å². The minimum atomic E-state index is -0.927. The molecule has 0 unspecified atom stereocenters. The quantitative estimate of drug-likeness (QED) is 0.261. The molecule has 3 N–H and O–H groups in total. The molecule has 3 amide bonds. The molecular formula is C25H23FN4O5. The Hall–Kier alpha value is -4.73. The van der Waals surface area contributed by atoms with E-state index in [1.165, 1.54) is 37.6 Å². The smallest absolute Gasteiger partial charge is 0.329 e. The maximum atomic E-state index is 13.0. The number of ether oxygens (including phenoxy) is 2. The van der Waals surface area contributed by atoms with E-state index in [-0.39, 0.29) is 6.61 Å². The number of nitrogens with zero attached hydrogens (tertiary/aromatic N) is 1. The van der Waals surface area contributed by atoms with Gasteiger partial charge in [0, 0.05) is 11.4 Å². The lowest BCUT2D eigenvalue weighted by Gasteiger charge is -2.11. The Labute approximate surface area is 200 Å². The molecule has 0 fully saturated rings. The number of para-hydroxylation sites is 1. The second kappa shape index (κ2) is 11.9. The summed E-state index contributed by atoms with van der Waals surface area (Å²) >= 11 is 0. The number of halogens is 1. The first-order chi connectivity index (χ1) is 16.9. The molecule has 0 saturated carbocycles. The first kappa shape index (κ1) is 24.9. The summed E-state index contributed by atoms with van der Waals surface area (Å²) in [5.74, 6) is -1.98. The number of hydrogen-bond acceptors (Lipinski definition) is 6. The van der Waals surface area contributed by atoms with Gasteiger partial charge in [-0.1, -0.05) is 18.2 Å². The van der Waals surface area contributed by atoms with Crippen LogP contribution in [0.1, 0.15) is 11.1 Å². The molecule has 0 atom stereocenters. The Morgan fingerprint density at radius 1 is 0.943 bits per heavy atom. The standard InChI is InChI=1S/C25H23FN4O5/c1-16-5-3-4-6-20(16)29-24(32)25(33)30-27-14-17-7-12-21(22(13-17)34-2)35-15-23(31)28-19-10-8-18(26)9-11-19/h3-14H,15H2,1-2H3,(H,28,31)(H,29,32)(H,30,33)/b27-14-. The molecule has 0 bridgehead atoms. The van der Waals surface area contributed by atoms with Crippen LogP contribution >= 0.6 is 0 Å². The molecule has 0 aromatic heterocycles. The van der Waals surface area contributed by atoms with E-state index in [2.05, 4.69) is 21.2 Å². The SMILES string of the molecule is COc1cc(/C=N\NC(=O)C(=O)Nc2ccccc2C)ccc1OCC(=O)Nc1ccc(F)cc1. The molecule has 3 aromatic carbocycles. The van der Waals surface area contributed by atoms with Gasteiger partial charge in [0.25, 0.3) is 5.91 Å². The van der Waals surface area contributed by atoms with E-state index in [9.17, 15) is 18.8 Å². The zero-order chi connectivity index (χ0) is 25.2. The van der Waals surface area contributed by atoms with E-state index in [1.54, 1.807) is 30.3 Å². The van der Waals surface area contributed by atoms with Crippen LogP contribution in [0.4, 0.5) is 15.8 Å². The van der Waals surface area contributed by atoms with Gasteiger partial charge in [-0.3, -0.25) is 14.4 Å². The van der Waals surface area contributed by atoms with Crippen molar-refractivity contribution in [2.24, 2.45) is 5.10 Å². The Morgan fingerprint density at radius 2 is 1.69 bits per heavy atom. The van der Waals surface area contributed by atoms with Crippen LogP contribution in [-0.2, 0) is 14.4 Å². The molecule has 9 nitrogen and oxygen atoms in total. The van der Waals surface area contributed by atoms with Crippen LogP contribution in [0.15, 0.2) is 71.8 Å². The van der Waals surface area contributed by atoms with Gasteiger partial charge in [-0.2, -0.15) is 5.10 Å². The second-order valence-corrected chi connectivity index (χ2v) is 7.22. The predicted molar refractivity (Wildman–Crippen MR) is 129 cm³/mol. The van der Waals surface area contributed by atoms with Crippen LogP contribution in [0.2, 0.25) is 0 Å². The third-order valence-electron chi connectivity index (χ3n) is 4.65. The van der Waals surface area contributed by atoms with Crippen molar-refractivity contribution >= 4 is 35.3 Å². The number of aryl methyl sites for hydroxylation is 1. The van der Waals surface area contributed by atoms with Crippen molar-refractivity contribution in [1.29, 1.82) is 0 Å². The highest BCUT2D eigenvalue weighted by Gasteiger charge is 2.14. The number of nitrogens with one attached hydrogen (secondary N) is 3. The zero-order valence-corrected chi connectivity index (χ0v) is 19.0. The summed E-state index contributed by atoms with van der Waals surface area (Å²) in [5.41, 5.74) is 4.49. The molecule has 0 aliphatic rings. The van der Waals surface area contributed by atoms with Crippen LogP contribution in [-0.4, -0.2) is 37.7 Å². The lowest BCUT2D eigenvalue weighted by molar-refractivity contribution is -0.136. The largest absolute Gasteiger partial charge is 0.493 e. The number of anilines is 2. The summed E-state index contributed by atoms with van der Waals surface area (Å²) < 4.78 is 23.7. The number of carbonyl (C=O) groups is 3. The zero-order valence-electron chi connectivity index (χ0n) is 19.0. The van der Waals surface area contributed by atoms with Crippen molar-refractivity contribution in [2.75, 3.05) is 24.4 Å². The molecule has 0 heterocycles. The molecule has 10 heteroatoms. The van der Waals surface area contributed by atoms with Crippen LogP contribution < -0.4 is 25.5 Å². The number of carbonyl (C=O) groups excluding carboxylic acids is 3. The van der Waals surface area contributed by atoms with Crippen molar-refractivity contribution in [2.45, 2.75) is 6.92 Å². The maximum absolute atomic E-state index is 13.0. The Kier molecular flexibility index (Phi) is 8.49. The molecule has 0 aliphatic carbocycles. The first-order valence-electron chi connectivity index (χ1n) is 10.4. The van der Waals surface area contributed by atoms with Gasteiger partial charge in [0.1, 0.15) is 5.82 Å². The second-order valence-electron chi connectivity index (χ2n) is 7.22. The molecule has 3 aromatic rings. The fourth-order valence-corrected chi connectivity index (χ4v) is 2.87. The van der Waals surface area contributed by atoms with Gasteiger partial charge in [-0.15, -0.1) is 0 Å². The number of benzene rings is 3. The minimum Gasteiger partial charge on any atom is -0.493 e. The fraction of sp³-hybridized carbons (Fsp3) is 0.120. The molecule has 0 radical (unpaired) electrons. The first-order valence-corrected chi connectivity index (χ1v) is 10.4. The van der Waals surface area contributed by atoms with Gasteiger partial charge in [-0.25, -0.2) is 9.82 Å². The molecular weight excluding hydrogens is 455 g/mol. The van der Waals surface area contributed by atoms with Crippen LogP contribution in [0, 0.1) is 12.7 Å². The lowest BCUT2D eigenvalue weighted by Crippen LogP contribution is -2.32. The molecule has 3 rings (SSSR count). The van der Waals surface area contributed by atoms with Gasteiger partial charge in [0.15, 0.2) is 18.1 Å².